The predicted octanol–water partition coefficient (Wildman–Crippen LogP) is 9.60. The third-order valence-electron chi connectivity index (χ3n) is 11.3. The largest absolute Gasteiger partial charge is 0.507 e. The van der Waals surface area contributed by atoms with E-state index < -0.39 is 11.8 Å². The number of pyridine rings is 1. The molecule has 8 nitrogen and oxygen atoms in total. The van der Waals surface area contributed by atoms with Crippen LogP contribution in [0.2, 0.25) is 0 Å². The minimum atomic E-state index is -0.515. The number of aromatic hydroxyl groups is 1. The van der Waals surface area contributed by atoms with Crippen molar-refractivity contribution in [3.05, 3.63) is 168 Å². The third kappa shape index (κ3) is 6.84. The van der Waals surface area contributed by atoms with E-state index in [1.54, 1.807) is 12.3 Å². The fourth-order valence-corrected chi connectivity index (χ4v) is 8.66. The number of imide groups is 1. The number of anilines is 3. The van der Waals surface area contributed by atoms with E-state index in [0.717, 1.165) is 55.9 Å². The van der Waals surface area contributed by atoms with E-state index in [9.17, 15) is 14.7 Å². The van der Waals surface area contributed by atoms with Gasteiger partial charge < -0.3 is 19.9 Å². The van der Waals surface area contributed by atoms with Crippen molar-refractivity contribution < 1.29 is 24.2 Å². The molecule has 1 aromatic heterocycles. The van der Waals surface area contributed by atoms with Gasteiger partial charge in [-0.2, -0.15) is 0 Å². The molecule has 0 spiro atoms. The van der Waals surface area contributed by atoms with E-state index in [-0.39, 0.29) is 29.6 Å². The lowest BCUT2D eigenvalue weighted by molar-refractivity contribution is -0.122. The van der Waals surface area contributed by atoms with Crippen LogP contribution in [0.4, 0.5) is 17.1 Å². The second kappa shape index (κ2) is 15.3. The molecule has 3 heterocycles. The number of fused-ring (bicyclic) bond motifs is 4. The molecule has 8 heteroatoms. The summed E-state index contributed by atoms with van der Waals surface area (Å²) in [4.78, 5) is 34.7. The Hall–Kier alpha value is -6.51. The minimum Gasteiger partial charge on any atom is -0.507 e. The van der Waals surface area contributed by atoms with Crippen LogP contribution in [0, 0.1) is 17.8 Å². The molecule has 2 saturated heterocycles. The van der Waals surface area contributed by atoms with Crippen molar-refractivity contribution >= 4 is 51.3 Å². The van der Waals surface area contributed by atoms with Crippen LogP contribution in [-0.2, 0) is 14.3 Å². The zero-order chi connectivity index (χ0) is 38.0. The molecule has 0 radical (unpaired) electrons. The summed E-state index contributed by atoms with van der Waals surface area (Å²) in [7, 11) is 0. The maximum Gasteiger partial charge on any atom is 0.238 e. The number of para-hydroxylation sites is 2. The summed E-state index contributed by atoms with van der Waals surface area (Å²) in [6.07, 6.45) is 5.41. The summed E-state index contributed by atoms with van der Waals surface area (Å²) in [5, 5.41) is 15.7. The van der Waals surface area contributed by atoms with Crippen molar-refractivity contribution in [1.29, 1.82) is 0 Å². The first-order chi connectivity index (χ1) is 27.5. The van der Waals surface area contributed by atoms with Gasteiger partial charge >= 0.3 is 0 Å². The number of rotatable bonds is 11. The standard InChI is InChI=1S/C48H41N3O5/c52-43-24-18-31(38-15-7-8-16-39(38)43)27-32(42-17-9-10-26-49-42)19-25-44-45-33(29-55-37-13-5-2-6-14-37)28-40-46(41(45)30-56-44)48(54)51(47(40)53)36-22-20-35(21-23-36)50-34-11-3-1-4-12-34/h1-18,20-24,26-27,40-41,44,46,50,52H,19,25,28-30H2/b32-27-/t40-,41+,44-,46-/m1/s1. The second-order valence-corrected chi connectivity index (χ2v) is 14.6. The highest BCUT2D eigenvalue weighted by Crippen LogP contribution is 2.51. The number of hydrogen-bond acceptors (Lipinski definition) is 7. The lowest BCUT2D eigenvalue weighted by atomic mass is 9.69. The Labute approximate surface area is 325 Å². The fraction of sp³-hybridized carbons (Fsp3) is 0.188. The van der Waals surface area contributed by atoms with E-state index >= 15 is 0 Å². The summed E-state index contributed by atoms with van der Waals surface area (Å²) < 4.78 is 13.0. The Balaban J connectivity index is 1.01. The molecule has 0 bridgehead atoms. The van der Waals surface area contributed by atoms with Gasteiger partial charge in [0.15, 0.2) is 0 Å². The highest BCUT2D eigenvalue weighted by atomic mass is 16.5. The van der Waals surface area contributed by atoms with Gasteiger partial charge in [-0.3, -0.25) is 19.5 Å². The topological polar surface area (TPSA) is 101 Å². The second-order valence-electron chi connectivity index (χ2n) is 14.6. The Morgan fingerprint density at radius 1 is 0.786 bits per heavy atom. The van der Waals surface area contributed by atoms with E-state index in [2.05, 4.69) is 11.4 Å². The van der Waals surface area contributed by atoms with Gasteiger partial charge in [0.05, 0.1) is 35.9 Å². The van der Waals surface area contributed by atoms with Crippen LogP contribution in [0.3, 0.4) is 0 Å². The molecular formula is C48H41N3O5. The van der Waals surface area contributed by atoms with Crippen molar-refractivity contribution in [3.8, 4) is 11.5 Å². The van der Waals surface area contributed by atoms with Crippen LogP contribution in [0.5, 0.6) is 11.5 Å². The first kappa shape index (κ1) is 35.2. The van der Waals surface area contributed by atoms with Gasteiger partial charge in [0.2, 0.25) is 11.8 Å². The van der Waals surface area contributed by atoms with Gasteiger partial charge in [-0.15, -0.1) is 0 Å². The Morgan fingerprint density at radius 2 is 1.50 bits per heavy atom. The minimum absolute atomic E-state index is 0.174. The number of benzene rings is 5. The summed E-state index contributed by atoms with van der Waals surface area (Å²) >= 11 is 0. The number of carbonyl (C=O) groups is 2. The molecule has 278 valence electrons. The summed E-state index contributed by atoms with van der Waals surface area (Å²) in [5.41, 5.74) is 7.39. The number of nitrogens with one attached hydrogen (secondary N) is 1. The predicted molar refractivity (Wildman–Crippen MR) is 219 cm³/mol. The molecule has 3 aliphatic rings. The summed E-state index contributed by atoms with van der Waals surface area (Å²) in [6, 6.07) is 44.4. The van der Waals surface area contributed by atoms with Gasteiger partial charge in [-0.25, -0.2) is 0 Å². The Kier molecular flexibility index (Phi) is 9.63. The van der Waals surface area contributed by atoms with Crippen molar-refractivity contribution in [2.75, 3.05) is 23.4 Å². The molecular weight excluding hydrogens is 699 g/mol. The molecule has 56 heavy (non-hydrogen) atoms. The molecule has 2 aliphatic heterocycles. The zero-order valence-electron chi connectivity index (χ0n) is 30.8. The van der Waals surface area contributed by atoms with E-state index in [1.807, 2.05) is 133 Å². The van der Waals surface area contributed by atoms with Crippen LogP contribution in [-0.4, -0.2) is 41.2 Å². The van der Waals surface area contributed by atoms with Crippen molar-refractivity contribution in [1.82, 2.24) is 4.98 Å². The summed E-state index contributed by atoms with van der Waals surface area (Å²) in [6.45, 7) is 0.663. The molecule has 0 unspecified atom stereocenters. The van der Waals surface area contributed by atoms with Crippen LogP contribution in [0.1, 0.15) is 30.5 Å². The highest BCUT2D eigenvalue weighted by molar-refractivity contribution is 6.22. The van der Waals surface area contributed by atoms with Crippen molar-refractivity contribution in [2.45, 2.75) is 25.4 Å². The average Bonchev–Trinajstić information content (AvgIpc) is 3.78. The molecule has 2 fully saturated rings. The molecule has 5 aromatic carbocycles. The number of phenolic OH excluding ortho intramolecular Hbond substituents is 1. The molecule has 0 saturated carbocycles. The van der Waals surface area contributed by atoms with Gasteiger partial charge in [0.1, 0.15) is 18.1 Å². The molecule has 6 aromatic rings. The molecule has 2 amide bonds. The number of ether oxygens (including phenoxy) is 2. The number of aromatic nitrogens is 1. The number of nitrogens with zero attached hydrogens (tertiary/aromatic N) is 2. The maximum atomic E-state index is 14.4. The quantitative estimate of drug-likeness (QED) is 0.101. The van der Waals surface area contributed by atoms with E-state index in [4.69, 9.17) is 14.5 Å². The van der Waals surface area contributed by atoms with Crippen molar-refractivity contribution in [3.63, 3.8) is 0 Å². The van der Waals surface area contributed by atoms with E-state index in [0.29, 0.717) is 38.2 Å². The number of amides is 2. The van der Waals surface area contributed by atoms with Gasteiger partial charge in [-0.1, -0.05) is 72.8 Å². The lowest BCUT2D eigenvalue weighted by Crippen LogP contribution is -2.35. The average molecular weight is 740 g/mol. The van der Waals surface area contributed by atoms with Crippen LogP contribution in [0.25, 0.3) is 22.4 Å². The number of carbonyl (C=O) groups excluding carboxylic acids is 2. The number of hydrogen-bond donors (Lipinski definition) is 2. The highest BCUT2D eigenvalue weighted by Gasteiger charge is 2.57. The molecule has 2 N–H and O–H groups in total. The van der Waals surface area contributed by atoms with Crippen LogP contribution in [0.15, 0.2) is 157 Å². The SMILES string of the molecule is O=C1[C@@H]2[C@@H](CC(COc3ccccc3)=C3[C@@H](CC/C(=C/c4ccc(O)c5ccccc45)c4ccccn4)OC[C@@H]32)C(=O)N1c1ccc(Nc2ccccc2)cc1. The van der Waals surface area contributed by atoms with Gasteiger partial charge in [0.25, 0.3) is 0 Å². The van der Waals surface area contributed by atoms with Gasteiger partial charge in [0, 0.05) is 28.9 Å². The Morgan fingerprint density at radius 3 is 2.27 bits per heavy atom. The number of allylic oxidation sites excluding steroid dienone is 1. The lowest BCUT2D eigenvalue weighted by Gasteiger charge is -2.31. The molecule has 9 rings (SSSR count). The van der Waals surface area contributed by atoms with Gasteiger partial charge in [-0.05, 0) is 120 Å². The maximum absolute atomic E-state index is 14.4. The van der Waals surface area contributed by atoms with E-state index in [1.165, 1.54) is 4.90 Å². The molecule has 1 aliphatic carbocycles. The first-order valence-electron chi connectivity index (χ1n) is 19.2. The summed E-state index contributed by atoms with van der Waals surface area (Å²) in [5.74, 6) is -0.614. The Bertz CT molecular complexity index is 2450. The van der Waals surface area contributed by atoms with Crippen molar-refractivity contribution in [2.24, 2.45) is 17.8 Å². The van der Waals surface area contributed by atoms with Crippen LogP contribution < -0.4 is 15.0 Å². The van der Waals surface area contributed by atoms with Crippen LogP contribution >= 0.6 is 0 Å². The normalized spacial score (nSPS) is 20.6. The first-order valence-corrected chi connectivity index (χ1v) is 19.2. The third-order valence-corrected chi connectivity index (χ3v) is 11.3. The zero-order valence-corrected chi connectivity index (χ0v) is 30.8. The monoisotopic (exact) mass is 739 g/mol. The molecule has 4 atom stereocenters. The smallest absolute Gasteiger partial charge is 0.238 e. The number of phenols is 1. The fourth-order valence-electron chi connectivity index (χ4n) is 8.66.